The molecule has 6 aliphatic rings. The van der Waals surface area contributed by atoms with Gasteiger partial charge in [0.15, 0.2) is 11.8 Å². The third kappa shape index (κ3) is 2.71. The van der Waals surface area contributed by atoms with E-state index < -0.39 is 5.79 Å². The monoisotopic (exact) mass is 384 g/mol. The quantitative estimate of drug-likeness (QED) is 0.510. The normalized spacial score (nSPS) is 54.1. The third-order valence-electron chi connectivity index (χ3n) is 7.33. The Labute approximate surface area is 155 Å². The molecule has 25 heavy (non-hydrogen) atoms. The highest BCUT2D eigenvalue weighted by Gasteiger charge is 2.73. The summed E-state index contributed by atoms with van der Waals surface area (Å²) in [5.41, 5.74) is 1.63. The zero-order chi connectivity index (χ0) is 17.3. The molecule has 2 aliphatic carbocycles. The van der Waals surface area contributed by atoms with Crippen LogP contribution >= 0.6 is 15.8 Å². The first kappa shape index (κ1) is 17.8. The summed E-state index contributed by atoms with van der Waals surface area (Å²) in [6, 6.07) is 0.0305. The zero-order valence-electron chi connectivity index (χ0n) is 16.1. The van der Waals surface area contributed by atoms with Crippen LogP contribution in [0.4, 0.5) is 0 Å². The van der Waals surface area contributed by atoms with Gasteiger partial charge in [-0.25, -0.2) is 0 Å². The van der Waals surface area contributed by atoms with Crippen LogP contribution in [0.2, 0.25) is 0 Å². The van der Waals surface area contributed by atoms with E-state index in [9.17, 15) is 0 Å². The van der Waals surface area contributed by atoms with Gasteiger partial charge < -0.3 is 14.2 Å². The molecule has 0 aromatic heterocycles. The average Bonchev–Trinajstić information content (AvgIpc) is 2.53. The van der Waals surface area contributed by atoms with Gasteiger partial charge in [-0.1, -0.05) is 38.5 Å². The molecule has 0 spiro atoms. The molecule has 3 nitrogen and oxygen atoms in total. The summed E-state index contributed by atoms with van der Waals surface area (Å²) >= 11 is 0. The Morgan fingerprint density at radius 2 is 1.36 bits per heavy atom. The summed E-state index contributed by atoms with van der Waals surface area (Å²) in [4.78, 5) is 0. The Bertz CT molecular complexity index is 533. The predicted octanol–water partition coefficient (Wildman–Crippen LogP) is 6.49. The lowest BCUT2D eigenvalue weighted by Crippen LogP contribution is -2.67. The second-order valence-corrected chi connectivity index (χ2v) is 15.9. The first-order chi connectivity index (χ1) is 11.9. The molecule has 2 saturated carbocycles. The molecule has 6 fully saturated rings. The van der Waals surface area contributed by atoms with Crippen LogP contribution in [0, 0.1) is 0 Å². The molecule has 0 N–H and O–H groups in total. The average molecular weight is 384 g/mol. The summed E-state index contributed by atoms with van der Waals surface area (Å²) < 4.78 is 20.2. The van der Waals surface area contributed by atoms with Crippen LogP contribution in [-0.4, -0.2) is 33.6 Å². The maximum absolute atomic E-state index is 6.95. The molecule has 0 radical (unpaired) electrons. The largest absolute Gasteiger partial charge is 0.338 e. The molecular formula is C20H34O3P2. The van der Waals surface area contributed by atoms with Gasteiger partial charge in [0.2, 0.25) is 0 Å². The standard InChI is InChI=1S/C20H34O3P2/c1-18-14-19(2)22-17(21-18)24(15-10-6-4-7-11-15)20(3,23-18)25(19)16-12-8-5-9-13-16/h15-17H,4-14H2,1-3H3/t17-,18-,19+,20-,24?,25?/m1/s1. The number of hydrogen-bond donors (Lipinski definition) is 0. The fourth-order valence-electron chi connectivity index (χ4n) is 6.65. The van der Waals surface area contributed by atoms with Crippen molar-refractivity contribution in [2.75, 3.05) is 0 Å². The lowest BCUT2D eigenvalue weighted by atomic mass is 10.0. The van der Waals surface area contributed by atoms with E-state index in [0.29, 0.717) is 0 Å². The Balaban J connectivity index is 1.54. The highest BCUT2D eigenvalue weighted by molar-refractivity contribution is 7.79. The molecule has 0 aromatic carbocycles. The van der Waals surface area contributed by atoms with Gasteiger partial charge >= 0.3 is 0 Å². The summed E-state index contributed by atoms with van der Waals surface area (Å²) in [5.74, 6) is -0.409. The van der Waals surface area contributed by atoms with Crippen LogP contribution in [-0.2, 0) is 14.2 Å². The SMILES string of the molecule is C[C@@]12C[C@@]3(C)O[C@@H](O1)P(C1CCCCC1)[C@@](C)(O2)P3C1CCCCC1. The molecule has 4 aliphatic heterocycles. The van der Waals surface area contributed by atoms with Gasteiger partial charge in [0.05, 0.1) is 5.34 Å². The first-order valence-electron chi connectivity index (χ1n) is 10.6. The van der Waals surface area contributed by atoms with Crippen molar-refractivity contribution in [3.05, 3.63) is 0 Å². The van der Waals surface area contributed by atoms with Crippen LogP contribution in [0.3, 0.4) is 0 Å². The Hall–Kier alpha value is 0.740. The summed E-state index contributed by atoms with van der Waals surface area (Å²) in [7, 11) is -0.651. The van der Waals surface area contributed by atoms with Crippen LogP contribution in [0.1, 0.15) is 91.4 Å². The van der Waals surface area contributed by atoms with Crippen molar-refractivity contribution in [1.29, 1.82) is 0 Å². The summed E-state index contributed by atoms with van der Waals surface area (Å²) in [6.07, 6.45) is 14.9. The van der Waals surface area contributed by atoms with E-state index >= 15 is 0 Å². The van der Waals surface area contributed by atoms with Crippen molar-refractivity contribution in [3.8, 4) is 0 Å². The molecule has 0 amide bonds. The number of ether oxygens (including phenoxy) is 3. The molecule has 4 bridgehead atoms. The van der Waals surface area contributed by atoms with Gasteiger partial charge in [-0.2, -0.15) is 0 Å². The van der Waals surface area contributed by atoms with Gasteiger partial charge in [0.1, 0.15) is 5.08 Å². The molecule has 0 aromatic rings. The van der Waals surface area contributed by atoms with Crippen molar-refractivity contribution >= 4 is 15.8 Å². The van der Waals surface area contributed by atoms with Gasteiger partial charge in [0, 0.05) is 6.42 Å². The number of rotatable bonds is 2. The van der Waals surface area contributed by atoms with E-state index in [1.165, 1.54) is 64.2 Å². The van der Waals surface area contributed by atoms with Gasteiger partial charge in [-0.05, 0) is 73.6 Å². The van der Waals surface area contributed by atoms with E-state index in [1.54, 1.807) is 0 Å². The Morgan fingerprint density at radius 1 is 0.760 bits per heavy atom. The second-order valence-electron chi connectivity index (χ2n) is 9.43. The highest BCUT2D eigenvalue weighted by atomic mass is 31.2. The van der Waals surface area contributed by atoms with E-state index in [0.717, 1.165) is 17.7 Å². The van der Waals surface area contributed by atoms with Crippen LogP contribution < -0.4 is 0 Å². The maximum Gasteiger partial charge on any atom is 0.183 e. The van der Waals surface area contributed by atoms with Crippen molar-refractivity contribution in [3.63, 3.8) is 0 Å². The van der Waals surface area contributed by atoms with E-state index in [1.807, 2.05) is 0 Å². The lowest BCUT2D eigenvalue weighted by Gasteiger charge is -2.72. The van der Waals surface area contributed by atoms with Crippen molar-refractivity contribution in [2.24, 2.45) is 0 Å². The van der Waals surface area contributed by atoms with Crippen molar-refractivity contribution < 1.29 is 14.2 Å². The predicted molar refractivity (Wildman–Crippen MR) is 104 cm³/mol. The van der Waals surface area contributed by atoms with Gasteiger partial charge in [-0.3, -0.25) is 0 Å². The van der Waals surface area contributed by atoms with E-state index in [2.05, 4.69) is 20.8 Å². The topological polar surface area (TPSA) is 27.7 Å². The van der Waals surface area contributed by atoms with Crippen LogP contribution in [0.5, 0.6) is 0 Å². The van der Waals surface area contributed by atoms with Crippen LogP contribution in [0.15, 0.2) is 0 Å². The molecule has 6 rings (SSSR count). The number of hydrogen-bond acceptors (Lipinski definition) is 3. The third-order valence-corrected chi connectivity index (χ3v) is 15.2. The summed E-state index contributed by atoms with van der Waals surface area (Å²) in [6.45, 7) is 7.09. The smallest absolute Gasteiger partial charge is 0.183 e. The summed E-state index contributed by atoms with van der Waals surface area (Å²) in [5, 5.41) is 0.0626. The second kappa shape index (κ2) is 6.12. The maximum atomic E-state index is 6.95. The Kier molecular flexibility index (Phi) is 4.36. The molecule has 2 unspecified atom stereocenters. The molecule has 142 valence electrons. The van der Waals surface area contributed by atoms with Gasteiger partial charge in [-0.15, -0.1) is 0 Å². The van der Waals surface area contributed by atoms with Crippen molar-refractivity contribution in [2.45, 2.75) is 125 Å². The molecular weight excluding hydrogens is 350 g/mol. The van der Waals surface area contributed by atoms with Gasteiger partial charge in [0.25, 0.3) is 0 Å². The fraction of sp³-hybridized carbons (Fsp3) is 1.00. The van der Waals surface area contributed by atoms with Crippen LogP contribution in [0.25, 0.3) is 0 Å². The molecule has 4 saturated heterocycles. The fourth-order valence-corrected chi connectivity index (χ4v) is 17.1. The minimum atomic E-state index is -0.409. The minimum Gasteiger partial charge on any atom is -0.338 e. The van der Waals surface area contributed by atoms with E-state index in [-0.39, 0.29) is 32.3 Å². The zero-order valence-corrected chi connectivity index (χ0v) is 17.9. The van der Waals surface area contributed by atoms with E-state index in [4.69, 9.17) is 14.2 Å². The molecule has 6 atom stereocenters. The van der Waals surface area contributed by atoms with Crippen molar-refractivity contribution in [1.82, 2.24) is 0 Å². The molecule has 4 heterocycles. The lowest BCUT2D eigenvalue weighted by molar-refractivity contribution is -0.372. The first-order valence-corrected chi connectivity index (χ1v) is 13.5. The highest BCUT2D eigenvalue weighted by Crippen LogP contribution is 2.88. The minimum absolute atomic E-state index is 0.00943. The molecule has 5 heteroatoms. The Morgan fingerprint density at radius 3 is 2.00 bits per heavy atom.